The minimum Gasteiger partial charge on any atom is -0.355 e. The van der Waals surface area contributed by atoms with Crippen LogP contribution in [0.2, 0.25) is 0 Å². The van der Waals surface area contributed by atoms with Crippen molar-refractivity contribution in [2.75, 3.05) is 25.0 Å². The predicted octanol–water partition coefficient (Wildman–Crippen LogP) is 1.90. The monoisotopic (exact) mass is 279 g/mol. The Morgan fingerprint density at radius 3 is 2.60 bits per heavy atom. The predicted molar refractivity (Wildman–Crippen MR) is 78.1 cm³/mol. The Morgan fingerprint density at radius 1 is 1.35 bits per heavy atom. The molecule has 1 unspecified atom stereocenters. The third kappa shape index (κ3) is 2.38. The summed E-state index contributed by atoms with van der Waals surface area (Å²) in [5, 5.41) is 0. The highest BCUT2D eigenvalue weighted by molar-refractivity contribution is 5.90. The number of carbonyl (C=O) groups excluding carboxylic acids is 1. The molecular weight excluding hydrogens is 257 g/mol. The summed E-state index contributed by atoms with van der Waals surface area (Å²) in [4.78, 5) is 16.1. The smallest absolute Gasteiger partial charge is 0.247 e. The van der Waals surface area contributed by atoms with Crippen LogP contribution < -0.4 is 10.6 Å². The number of nitrogens with zero attached hydrogens (tertiary/aromatic N) is 2. The molecule has 1 saturated heterocycles. The van der Waals surface area contributed by atoms with E-state index in [9.17, 15) is 9.18 Å². The van der Waals surface area contributed by atoms with Gasteiger partial charge in [0.25, 0.3) is 0 Å². The van der Waals surface area contributed by atoms with Gasteiger partial charge in [-0.05, 0) is 44.5 Å². The van der Waals surface area contributed by atoms with Crippen molar-refractivity contribution in [1.82, 2.24) is 4.90 Å². The highest BCUT2D eigenvalue weighted by Crippen LogP contribution is 2.33. The number of rotatable bonds is 2. The van der Waals surface area contributed by atoms with Crippen molar-refractivity contribution in [2.24, 2.45) is 5.73 Å². The SMILES string of the molecule is CC(N)c1cc(F)ccc1N1CCN(C)C(=O)C1(C)C. The van der Waals surface area contributed by atoms with Gasteiger partial charge in [-0.2, -0.15) is 0 Å². The number of piperazine rings is 1. The van der Waals surface area contributed by atoms with Gasteiger partial charge in [-0.25, -0.2) is 4.39 Å². The summed E-state index contributed by atoms with van der Waals surface area (Å²) in [6.07, 6.45) is 0. The van der Waals surface area contributed by atoms with Gasteiger partial charge in [0, 0.05) is 31.9 Å². The molecule has 0 saturated carbocycles. The molecule has 5 heteroatoms. The zero-order valence-electron chi connectivity index (χ0n) is 12.5. The van der Waals surface area contributed by atoms with E-state index in [1.54, 1.807) is 18.0 Å². The average Bonchev–Trinajstić information content (AvgIpc) is 2.37. The Labute approximate surface area is 119 Å². The van der Waals surface area contributed by atoms with Crippen LogP contribution in [0.1, 0.15) is 32.4 Å². The van der Waals surface area contributed by atoms with Gasteiger partial charge in [-0.15, -0.1) is 0 Å². The second-order valence-corrected chi connectivity index (χ2v) is 5.93. The van der Waals surface area contributed by atoms with Crippen molar-refractivity contribution in [1.29, 1.82) is 0 Å². The maximum Gasteiger partial charge on any atom is 0.247 e. The summed E-state index contributed by atoms with van der Waals surface area (Å²) in [5.41, 5.74) is 6.87. The quantitative estimate of drug-likeness (QED) is 0.899. The van der Waals surface area contributed by atoms with Crippen LogP contribution in [-0.4, -0.2) is 36.5 Å². The van der Waals surface area contributed by atoms with E-state index in [1.807, 2.05) is 25.7 Å². The first-order valence-electron chi connectivity index (χ1n) is 6.83. The van der Waals surface area contributed by atoms with Gasteiger partial charge in [-0.3, -0.25) is 4.79 Å². The lowest BCUT2D eigenvalue weighted by molar-refractivity contribution is -0.136. The van der Waals surface area contributed by atoms with Crippen molar-refractivity contribution < 1.29 is 9.18 Å². The molecule has 0 spiro atoms. The Morgan fingerprint density at radius 2 is 2.00 bits per heavy atom. The molecule has 4 nitrogen and oxygen atoms in total. The van der Waals surface area contributed by atoms with E-state index in [1.165, 1.54) is 12.1 Å². The van der Waals surface area contributed by atoms with E-state index in [-0.39, 0.29) is 17.8 Å². The van der Waals surface area contributed by atoms with Crippen LogP contribution in [0.15, 0.2) is 18.2 Å². The number of hydrogen-bond donors (Lipinski definition) is 1. The Bertz CT molecular complexity index is 528. The lowest BCUT2D eigenvalue weighted by atomic mass is 9.94. The minimum atomic E-state index is -0.658. The largest absolute Gasteiger partial charge is 0.355 e. The maximum absolute atomic E-state index is 13.5. The van der Waals surface area contributed by atoms with Gasteiger partial charge < -0.3 is 15.5 Å². The van der Waals surface area contributed by atoms with Crippen molar-refractivity contribution in [3.8, 4) is 0 Å². The summed E-state index contributed by atoms with van der Waals surface area (Å²) in [6.45, 7) is 6.96. The molecule has 1 aromatic rings. The number of carbonyl (C=O) groups is 1. The van der Waals surface area contributed by atoms with Crippen LogP contribution in [0, 0.1) is 5.82 Å². The number of amides is 1. The van der Waals surface area contributed by atoms with E-state index in [2.05, 4.69) is 0 Å². The molecule has 1 atom stereocenters. The molecule has 1 heterocycles. The maximum atomic E-state index is 13.5. The van der Waals surface area contributed by atoms with Gasteiger partial charge in [-0.1, -0.05) is 0 Å². The molecule has 0 aromatic heterocycles. The van der Waals surface area contributed by atoms with E-state index in [0.717, 1.165) is 11.3 Å². The lowest BCUT2D eigenvalue weighted by Crippen LogP contribution is -2.62. The van der Waals surface area contributed by atoms with E-state index in [0.29, 0.717) is 13.1 Å². The topological polar surface area (TPSA) is 49.6 Å². The minimum absolute atomic E-state index is 0.0590. The molecular formula is C15H22FN3O. The van der Waals surface area contributed by atoms with Crippen LogP contribution in [-0.2, 0) is 4.79 Å². The van der Waals surface area contributed by atoms with E-state index < -0.39 is 5.54 Å². The molecule has 0 bridgehead atoms. The molecule has 20 heavy (non-hydrogen) atoms. The van der Waals surface area contributed by atoms with Crippen LogP contribution >= 0.6 is 0 Å². The first-order chi connectivity index (χ1) is 9.25. The second kappa shape index (κ2) is 5.05. The molecule has 1 aliphatic rings. The Kier molecular flexibility index (Phi) is 3.73. The van der Waals surface area contributed by atoms with E-state index >= 15 is 0 Å². The number of nitrogens with two attached hydrogens (primary N) is 1. The van der Waals surface area contributed by atoms with Crippen molar-refractivity contribution in [2.45, 2.75) is 32.4 Å². The molecule has 1 amide bonds. The molecule has 0 aliphatic carbocycles. The van der Waals surface area contributed by atoms with Crippen molar-refractivity contribution >= 4 is 11.6 Å². The molecule has 0 radical (unpaired) electrons. The molecule has 2 rings (SSSR count). The van der Waals surface area contributed by atoms with Crippen LogP contribution in [0.3, 0.4) is 0 Å². The summed E-state index contributed by atoms with van der Waals surface area (Å²) >= 11 is 0. The van der Waals surface area contributed by atoms with Gasteiger partial charge in [0.15, 0.2) is 0 Å². The average molecular weight is 279 g/mol. The van der Waals surface area contributed by atoms with E-state index in [4.69, 9.17) is 5.73 Å². The normalized spacial score (nSPS) is 20.2. The number of halogens is 1. The number of anilines is 1. The van der Waals surface area contributed by atoms with Gasteiger partial charge in [0.05, 0.1) is 0 Å². The number of likely N-dealkylation sites (N-methyl/N-ethyl adjacent to an activating group) is 1. The molecule has 110 valence electrons. The Hall–Kier alpha value is -1.62. The fourth-order valence-corrected chi connectivity index (χ4v) is 2.77. The van der Waals surface area contributed by atoms with Gasteiger partial charge >= 0.3 is 0 Å². The fourth-order valence-electron chi connectivity index (χ4n) is 2.77. The third-order valence-corrected chi connectivity index (χ3v) is 3.97. The molecule has 2 N–H and O–H groups in total. The highest BCUT2D eigenvalue weighted by atomic mass is 19.1. The Balaban J connectivity index is 2.48. The molecule has 1 aliphatic heterocycles. The zero-order chi connectivity index (χ0) is 15.1. The van der Waals surface area contributed by atoms with Crippen LogP contribution in [0.25, 0.3) is 0 Å². The number of benzene rings is 1. The van der Waals surface area contributed by atoms with Gasteiger partial charge in [0.1, 0.15) is 11.4 Å². The summed E-state index contributed by atoms with van der Waals surface area (Å²) in [5.74, 6) is -0.247. The third-order valence-electron chi connectivity index (χ3n) is 3.97. The lowest BCUT2D eigenvalue weighted by Gasteiger charge is -2.47. The number of hydrogen-bond acceptors (Lipinski definition) is 3. The molecule has 1 aromatic carbocycles. The second-order valence-electron chi connectivity index (χ2n) is 5.93. The summed E-state index contributed by atoms with van der Waals surface area (Å²) in [7, 11) is 1.80. The molecule has 1 fully saturated rings. The first-order valence-corrected chi connectivity index (χ1v) is 6.83. The summed E-state index contributed by atoms with van der Waals surface area (Å²) in [6, 6.07) is 4.30. The van der Waals surface area contributed by atoms with Crippen molar-refractivity contribution in [3.05, 3.63) is 29.6 Å². The van der Waals surface area contributed by atoms with Crippen LogP contribution in [0.5, 0.6) is 0 Å². The zero-order valence-corrected chi connectivity index (χ0v) is 12.5. The standard InChI is InChI=1S/C15H22FN3O/c1-10(17)12-9-11(16)5-6-13(12)19-8-7-18(4)14(20)15(19,2)3/h5-6,9-10H,7-8,17H2,1-4H3. The first kappa shape index (κ1) is 14.8. The fraction of sp³-hybridized carbons (Fsp3) is 0.533. The summed E-state index contributed by atoms with van der Waals surface area (Å²) < 4.78 is 13.5. The van der Waals surface area contributed by atoms with Gasteiger partial charge in [0.2, 0.25) is 5.91 Å². The van der Waals surface area contributed by atoms with Crippen LogP contribution in [0.4, 0.5) is 10.1 Å². The highest BCUT2D eigenvalue weighted by Gasteiger charge is 2.41. The van der Waals surface area contributed by atoms with Crippen molar-refractivity contribution in [3.63, 3.8) is 0 Å².